The molecule has 132 valence electrons. The summed E-state index contributed by atoms with van der Waals surface area (Å²) in [6.07, 6.45) is 1.57. The van der Waals surface area contributed by atoms with Crippen LogP contribution in [0.25, 0.3) is 10.9 Å². The number of hydrogen-bond donors (Lipinski definition) is 1. The Balaban J connectivity index is 1.82. The molecule has 6 heteroatoms. The zero-order valence-corrected chi connectivity index (χ0v) is 15.1. The van der Waals surface area contributed by atoms with Crippen molar-refractivity contribution in [1.82, 2.24) is 4.98 Å². The lowest BCUT2D eigenvalue weighted by atomic mass is 10.1. The second-order valence-electron chi connectivity index (χ2n) is 5.66. The zero-order valence-electron chi connectivity index (χ0n) is 14.3. The number of methoxy groups -OCH3 is 1. The number of fused-ring (bicyclic) bond motifs is 1. The highest BCUT2D eigenvalue weighted by Gasteiger charge is 2.09. The molecule has 0 amide bonds. The van der Waals surface area contributed by atoms with Gasteiger partial charge in [0.2, 0.25) is 0 Å². The number of nitrogens with one attached hydrogen (secondary N) is 1. The highest BCUT2D eigenvalue weighted by atomic mass is 35.5. The van der Waals surface area contributed by atoms with Crippen LogP contribution in [0.3, 0.4) is 0 Å². The van der Waals surface area contributed by atoms with Crippen LogP contribution in [0.5, 0.6) is 5.75 Å². The molecule has 0 unspecified atom stereocenters. The minimum absolute atomic E-state index is 0.479. The van der Waals surface area contributed by atoms with Gasteiger partial charge in [-0.05, 0) is 35.9 Å². The van der Waals surface area contributed by atoms with Crippen molar-refractivity contribution < 1.29 is 9.47 Å². The van der Waals surface area contributed by atoms with Gasteiger partial charge in [0.1, 0.15) is 18.4 Å². The number of ether oxygens (including phenoxy) is 2. The van der Waals surface area contributed by atoms with Crippen molar-refractivity contribution in [2.45, 2.75) is 6.54 Å². The van der Waals surface area contributed by atoms with Crippen molar-refractivity contribution in [3.05, 3.63) is 64.8 Å². The molecule has 0 aliphatic rings. The van der Waals surface area contributed by atoms with Gasteiger partial charge in [0, 0.05) is 30.3 Å². The molecule has 0 spiro atoms. The van der Waals surface area contributed by atoms with Gasteiger partial charge in [-0.15, -0.1) is 0 Å². The lowest BCUT2D eigenvalue weighted by molar-refractivity contribution is 0.146. The van der Waals surface area contributed by atoms with Crippen molar-refractivity contribution in [2.24, 2.45) is 0 Å². The molecule has 0 aliphatic carbocycles. The first-order valence-corrected chi connectivity index (χ1v) is 8.52. The zero-order chi connectivity index (χ0) is 18.4. The van der Waals surface area contributed by atoms with Gasteiger partial charge in [-0.3, -0.25) is 4.98 Å². The van der Waals surface area contributed by atoms with Crippen molar-refractivity contribution in [3.8, 4) is 11.8 Å². The van der Waals surface area contributed by atoms with Gasteiger partial charge in [0.15, 0.2) is 0 Å². The smallest absolute Gasteiger partial charge is 0.119 e. The topological polar surface area (TPSA) is 67.2 Å². The molecule has 1 N–H and O–H groups in total. The van der Waals surface area contributed by atoms with E-state index in [-0.39, 0.29) is 0 Å². The highest BCUT2D eigenvalue weighted by Crippen LogP contribution is 2.28. The van der Waals surface area contributed by atoms with E-state index in [1.165, 1.54) is 0 Å². The van der Waals surface area contributed by atoms with Crippen LogP contribution < -0.4 is 10.1 Å². The average Bonchev–Trinajstić information content (AvgIpc) is 2.66. The SMILES string of the molecule is COCCOc1cccc(CNc2c(C#N)cnc3ccc(Cl)cc23)c1. The van der Waals surface area contributed by atoms with Crippen LogP contribution in [0.1, 0.15) is 11.1 Å². The third-order valence-electron chi connectivity index (χ3n) is 3.87. The van der Waals surface area contributed by atoms with Crippen molar-refractivity contribution in [1.29, 1.82) is 5.26 Å². The van der Waals surface area contributed by atoms with E-state index in [0.717, 1.165) is 27.9 Å². The molecule has 0 saturated heterocycles. The Kier molecular flexibility index (Phi) is 5.90. The van der Waals surface area contributed by atoms with Crippen LogP contribution >= 0.6 is 11.6 Å². The Morgan fingerprint density at radius 1 is 1.19 bits per heavy atom. The summed E-state index contributed by atoms with van der Waals surface area (Å²) in [7, 11) is 1.64. The first-order valence-electron chi connectivity index (χ1n) is 8.14. The predicted molar refractivity (Wildman–Crippen MR) is 103 cm³/mol. The van der Waals surface area contributed by atoms with Crippen LogP contribution in [-0.2, 0) is 11.3 Å². The second kappa shape index (κ2) is 8.52. The van der Waals surface area contributed by atoms with Crippen LogP contribution in [0.4, 0.5) is 5.69 Å². The van der Waals surface area contributed by atoms with Crippen LogP contribution in [0.2, 0.25) is 5.02 Å². The Bertz CT molecular complexity index is 953. The molecule has 0 atom stereocenters. The van der Waals surface area contributed by atoms with E-state index in [9.17, 15) is 5.26 Å². The number of nitriles is 1. The average molecular weight is 368 g/mol. The fourth-order valence-corrected chi connectivity index (χ4v) is 2.79. The molecule has 0 radical (unpaired) electrons. The Hall–Kier alpha value is -2.81. The quantitative estimate of drug-likeness (QED) is 0.627. The summed E-state index contributed by atoms with van der Waals surface area (Å²) in [4.78, 5) is 4.31. The van der Waals surface area contributed by atoms with E-state index in [0.29, 0.717) is 30.3 Å². The first-order chi connectivity index (χ1) is 12.7. The molecule has 1 heterocycles. The molecular formula is C20H18ClN3O2. The van der Waals surface area contributed by atoms with Gasteiger partial charge in [-0.25, -0.2) is 0 Å². The van der Waals surface area contributed by atoms with E-state index in [4.69, 9.17) is 21.1 Å². The first kappa shape index (κ1) is 18.0. The summed E-state index contributed by atoms with van der Waals surface area (Å²) in [5.41, 5.74) is 3.03. The lowest BCUT2D eigenvalue weighted by Gasteiger charge is -2.13. The van der Waals surface area contributed by atoms with Gasteiger partial charge in [-0.2, -0.15) is 5.26 Å². The minimum atomic E-state index is 0.479. The van der Waals surface area contributed by atoms with Gasteiger partial charge in [0.05, 0.1) is 23.4 Å². The van der Waals surface area contributed by atoms with Crippen LogP contribution in [0.15, 0.2) is 48.7 Å². The largest absolute Gasteiger partial charge is 0.491 e. The summed E-state index contributed by atoms with van der Waals surface area (Å²) >= 11 is 6.12. The summed E-state index contributed by atoms with van der Waals surface area (Å²) in [6.45, 7) is 1.58. The van der Waals surface area contributed by atoms with Crippen molar-refractivity contribution in [2.75, 3.05) is 25.6 Å². The molecule has 5 nitrogen and oxygen atoms in total. The van der Waals surface area contributed by atoms with Gasteiger partial charge < -0.3 is 14.8 Å². The Labute approximate surface area is 157 Å². The van der Waals surface area contributed by atoms with E-state index in [1.54, 1.807) is 19.4 Å². The predicted octanol–water partition coefficient (Wildman–Crippen LogP) is 4.40. The molecule has 1 aromatic heterocycles. The number of halogens is 1. The number of benzene rings is 2. The second-order valence-corrected chi connectivity index (χ2v) is 6.10. The maximum Gasteiger partial charge on any atom is 0.119 e. The van der Waals surface area contributed by atoms with E-state index in [1.807, 2.05) is 36.4 Å². The number of rotatable bonds is 7. The normalized spacial score (nSPS) is 10.5. The maximum absolute atomic E-state index is 9.41. The molecule has 0 bridgehead atoms. The Morgan fingerprint density at radius 3 is 2.88 bits per heavy atom. The lowest BCUT2D eigenvalue weighted by Crippen LogP contribution is -2.06. The minimum Gasteiger partial charge on any atom is -0.491 e. The third kappa shape index (κ3) is 4.23. The number of nitrogens with zero attached hydrogens (tertiary/aromatic N) is 2. The van der Waals surface area contributed by atoms with Crippen LogP contribution in [-0.4, -0.2) is 25.3 Å². The fourth-order valence-electron chi connectivity index (χ4n) is 2.62. The number of hydrogen-bond acceptors (Lipinski definition) is 5. The molecule has 26 heavy (non-hydrogen) atoms. The van der Waals surface area contributed by atoms with E-state index in [2.05, 4.69) is 16.4 Å². The van der Waals surface area contributed by atoms with Crippen LogP contribution in [0, 0.1) is 11.3 Å². The number of anilines is 1. The molecule has 0 fully saturated rings. The monoisotopic (exact) mass is 367 g/mol. The highest BCUT2D eigenvalue weighted by molar-refractivity contribution is 6.31. The van der Waals surface area contributed by atoms with Crippen molar-refractivity contribution in [3.63, 3.8) is 0 Å². The molecule has 3 rings (SSSR count). The maximum atomic E-state index is 9.41. The van der Waals surface area contributed by atoms with Crippen molar-refractivity contribution >= 4 is 28.2 Å². The van der Waals surface area contributed by atoms with Gasteiger partial charge in [-0.1, -0.05) is 23.7 Å². The molecule has 2 aromatic carbocycles. The fraction of sp³-hybridized carbons (Fsp3) is 0.200. The third-order valence-corrected chi connectivity index (χ3v) is 4.11. The van der Waals surface area contributed by atoms with E-state index < -0.39 is 0 Å². The molecular weight excluding hydrogens is 350 g/mol. The van der Waals surface area contributed by atoms with E-state index >= 15 is 0 Å². The molecule has 0 saturated carbocycles. The standard InChI is InChI=1S/C20H18ClN3O2/c1-25-7-8-26-17-4-2-3-14(9-17)12-24-20-15(11-22)13-23-19-6-5-16(21)10-18(19)20/h2-6,9-10,13H,7-8,12H2,1H3,(H,23,24). The molecule has 0 aliphatic heterocycles. The molecule has 3 aromatic rings. The van der Waals surface area contributed by atoms with Gasteiger partial charge >= 0.3 is 0 Å². The summed E-state index contributed by atoms with van der Waals surface area (Å²) < 4.78 is 10.6. The Morgan fingerprint density at radius 2 is 2.08 bits per heavy atom. The van der Waals surface area contributed by atoms with Gasteiger partial charge in [0.25, 0.3) is 0 Å². The summed E-state index contributed by atoms with van der Waals surface area (Å²) in [6, 6.07) is 15.4. The number of pyridine rings is 1. The number of aromatic nitrogens is 1. The summed E-state index contributed by atoms with van der Waals surface area (Å²) in [5.74, 6) is 0.782. The summed E-state index contributed by atoms with van der Waals surface area (Å²) in [5, 5.41) is 14.2.